The van der Waals surface area contributed by atoms with E-state index in [-0.39, 0.29) is 5.91 Å². The van der Waals surface area contributed by atoms with E-state index in [1.54, 1.807) is 0 Å². The van der Waals surface area contributed by atoms with Crippen LogP contribution in [0.1, 0.15) is 297 Å². The highest BCUT2D eigenvalue weighted by atomic mass is 16.2. The topological polar surface area (TPSA) is 49.4 Å². The molecule has 0 saturated carbocycles. The van der Waals surface area contributed by atoms with Crippen molar-refractivity contribution in [3.05, 3.63) is 36.5 Å². The molecule has 0 aromatic heterocycles. The van der Waals surface area contributed by atoms with E-state index in [2.05, 4.69) is 67.4 Å². The predicted molar refractivity (Wildman–Crippen MR) is 273 cm³/mol. The van der Waals surface area contributed by atoms with Gasteiger partial charge >= 0.3 is 0 Å². The molecule has 358 valence electrons. The first-order valence-electron chi connectivity index (χ1n) is 27.6. The first-order valence-corrected chi connectivity index (χ1v) is 27.6. The molecular formula is C57H108N2O2. The molecule has 2 amide bonds. The molecule has 0 fully saturated rings. The fourth-order valence-electron chi connectivity index (χ4n) is 8.36. The monoisotopic (exact) mass is 853 g/mol. The molecule has 0 spiro atoms. The lowest BCUT2D eigenvalue weighted by atomic mass is 10.1. The van der Waals surface area contributed by atoms with Crippen LogP contribution in [0.15, 0.2) is 36.5 Å². The summed E-state index contributed by atoms with van der Waals surface area (Å²) < 4.78 is 0. The zero-order valence-corrected chi connectivity index (χ0v) is 41.8. The number of hydrogen-bond donors (Lipinski definition) is 1. The first kappa shape index (κ1) is 59.2. The standard InChI is InChI=1S/C57H108N2O2/c1-4-7-10-13-16-19-22-25-28-31-34-37-40-43-46-49-54-59(57(61)52-48-45-42-39-36-33-30-27-24-21-18-15-12-9-6-3)55-50-53-58-56(60)51-47-44-41-38-35-32-29-26-23-20-17-14-11-8-5-2/h25-30H,4-24,31-55H2,1-3H3,(H,58,60)/b28-25-,29-26-,30-27-. The number of amides is 2. The highest BCUT2D eigenvalue weighted by Gasteiger charge is 2.13. The van der Waals surface area contributed by atoms with E-state index in [4.69, 9.17) is 0 Å². The maximum Gasteiger partial charge on any atom is 0.222 e. The van der Waals surface area contributed by atoms with Gasteiger partial charge in [-0.05, 0) is 103 Å². The summed E-state index contributed by atoms with van der Waals surface area (Å²) in [5, 5.41) is 3.15. The number of rotatable bonds is 50. The Hall–Kier alpha value is -1.84. The first-order chi connectivity index (χ1) is 30.2. The maximum absolute atomic E-state index is 13.4. The molecule has 0 aromatic carbocycles. The number of allylic oxidation sites excluding steroid dienone is 6. The number of hydrogen-bond acceptors (Lipinski definition) is 2. The molecule has 0 aliphatic carbocycles. The van der Waals surface area contributed by atoms with Gasteiger partial charge < -0.3 is 10.2 Å². The van der Waals surface area contributed by atoms with Gasteiger partial charge in [-0.1, -0.05) is 218 Å². The second kappa shape index (κ2) is 52.5. The summed E-state index contributed by atoms with van der Waals surface area (Å²) in [5.74, 6) is 0.502. The third-order valence-corrected chi connectivity index (χ3v) is 12.5. The summed E-state index contributed by atoms with van der Waals surface area (Å²) in [6.45, 7) is 9.16. The van der Waals surface area contributed by atoms with Crippen molar-refractivity contribution in [1.82, 2.24) is 10.2 Å². The molecule has 0 saturated heterocycles. The van der Waals surface area contributed by atoms with E-state index in [1.807, 2.05) is 0 Å². The zero-order valence-electron chi connectivity index (χ0n) is 41.8. The van der Waals surface area contributed by atoms with E-state index in [9.17, 15) is 9.59 Å². The predicted octanol–water partition coefficient (Wildman–Crippen LogP) is 18.4. The normalized spacial score (nSPS) is 11.9. The summed E-state index contributed by atoms with van der Waals surface area (Å²) >= 11 is 0. The fraction of sp³-hybridized carbons (Fsp3) is 0.860. The van der Waals surface area contributed by atoms with Crippen molar-refractivity contribution in [2.45, 2.75) is 297 Å². The second-order valence-corrected chi connectivity index (χ2v) is 18.7. The molecule has 0 unspecified atom stereocenters. The molecule has 61 heavy (non-hydrogen) atoms. The van der Waals surface area contributed by atoms with Crippen LogP contribution in [0.25, 0.3) is 0 Å². The minimum atomic E-state index is 0.178. The third-order valence-electron chi connectivity index (χ3n) is 12.5. The van der Waals surface area contributed by atoms with Gasteiger partial charge in [-0.25, -0.2) is 0 Å². The van der Waals surface area contributed by atoms with Crippen molar-refractivity contribution in [3.63, 3.8) is 0 Å². The van der Waals surface area contributed by atoms with Crippen molar-refractivity contribution in [1.29, 1.82) is 0 Å². The lowest BCUT2D eigenvalue weighted by molar-refractivity contribution is -0.131. The van der Waals surface area contributed by atoms with Crippen molar-refractivity contribution >= 4 is 11.8 Å². The Bertz CT molecular complexity index is 970. The quantitative estimate of drug-likeness (QED) is 0.0490. The Kier molecular flexibility index (Phi) is 50.9. The number of nitrogens with zero attached hydrogens (tertiary/aromatic N) is 1. The molecule has 0 heterocycles. The molecule has 0 aliphatic rings. The van der Waals surface area contributed by atoms with E-state index >= 15 is 0 Å². The van der Waals surface area contributed by atoms with E-state index in [0.717, 1.165) is 51.6 Å². The summed E-state index contributed by atoms with van der Waals surface area (Å²) in [7, 11) is 0. The molecule has 0 atom stereocenters. The van der Waals surface area contributed by atoms with Crippen molar-refractivity contribution < 1.29 is 9.59 Å². The van der Waals surface area contributed by atoms with Crippen LogP contribution >= 0.6 is 0 Å². The molecule has 0 aliphatic heterocycles. The summed E-state index contributed by atoms with van der Waals surface area (Å²) in [6.07, 6.45) is 68.0. The molecule has 0 bridgehead atoms. The van der Waals surface area contributed by atoms with Crippen LogP contribution in [-0.2, 0) is 9.59 Å². The molecule has 0 radical (unpaired) electrons. The van der Waals surface area contributed by atoms with Crippen LogP contribution in [-0.4, -0.2) is 36.3 Å². The Morgan fingerprint density at radius 2 is 0.607 bits per heavy atom. The van der Waals surface area contributed by atoms with Gasteiger partial charge in [-0.2, -0.15) is 0 Å². The van der Waals surface area contributed by atoms with Crippen molar-refractivity contribution in [2.24, 2.45) is 0 Å². The van der Waals surface area contributed by atoms with E-state index < -0.39 is 0 Å². The molecule has 0 rings (SSSR count). The van der Waals surface area contributed by atoms with Crippen LogP contribution in [0.4, 0.5) is 0 Å². The number of carbonyl (C=O) groups is 2. The molecular weight excluding hydrogens is 745 g/mol. The average Bonchev–Trinajstić information content (AvgIpc) is 3.26. The number of carbonyl (C=O) groups excluding carboxylic acids is 2. The maximum atomic E-state index is 13.4. The highest BCUT2D eigenvalue weighted by Crippen LogP contribution is 2.15. The Morgan fingerprint density at radius 3 is 0.967 bits per heavy atom. The van der Waals surface area contributed by atoms with Crippen molar-refractivity contribution in [3.8, 4) is 0 Å². The SMILES string of the molecule is CCCCCCCC/C=C\CCCCCCCCN(CCCNC(=O)CCCCCCC/C=C\CCCCCCCC)C(=O)CCCCCCC/C=C\CCCCCCCC. The third kappa shape index (κ3) is 49.0. The van der Waals surface area contributed by atoms with Gasteiger partial charge in [0.25, 0.3) is 0 Å². The Labute approximate surface area is 383 Å². The molecule has 0 aromatic rings. The van der Waals surface area contributed by atoms with Gasteiger partial charge in [-0.15, -0.1) is 0 Å². The zero-order chi connectivity index (χ0) is 44.2. The van der Waals surface area contributed by atoms with Gasteiger partial charge in [0.1, 0.15) is 0 Å². The van der Waals surface area contributed by atoms with E-state index in [0.29, 0.717) is 25.3 Å². The van der Waals surface area contributed by atoms with Crippen LogP contribution in [0.5, 0.6) is 0 Å². The Morgan fingerprint density at radius 1 is 0.328 bits per heavy atom. The number of nitrogens with one attached hydrogen (secondary N) is 1. The second-order valence-electron chi connectivity index (χ2n) is 18.7. The van der Waals surface area contributed by atoms with Gasteiger partial charge in [0, 0.05) is 32.5 Å². The molecule has 1 N–H and O–H groups in total. The minimum Gasteiger partial charge on any atom is -0.356 e. The fourth-order valence-corrected chi connectivity index (χ4v) is 8.36. The van der Waals surface area contributed by atoms with Crippen LogP contribution in [0.3, 0.4) is 0 Å². The van der Waals surface area contributed by atoms with Crippen LogP contribution in [0, 0.1) is 0 Å². The summed E-state index contributed by atoms with van der Waals surface area (Å²) in [4.78, 5) is 28.1. The van der Waals surface area contributed by atoms with Gasteiger partial charge in [-0.3, -0.25) is 9.59 Å². The summed E-state index contributed by atoms with van der Waals surface area (Å²) in [6, 6.07) is 0. The average molecular weight is 854 g/mol. The van der Waals surface area contributed by atoms with Crippen molar-refractivity contribution in [2.75, 3.05) is 19.6 Å². The lowest BCUT2D eigenvalue weighted by Crippen LogP contribution is -2.35. The largest absolute Gasteiger partial charge is 0.356 e. The Balaban J connectivity index is 4.26. The number of unbranched alkanes of at least 4 members (excludes halogenated alkanes) is 34. The van der Waals surface area contributed by atoms with Gasteiger partial charge in [0.05, 0.1) is 0 Å². The summed E-state index contributed by atoms with van der Waals surface area (Å²) in [5.41, 5.74) is 0. The van der Waals surface area contributed by atoms with Gasteiger partial charge in [0.15, 0.2) is 0 Å². The van der Waals surface area contributed by atoms with Gasteiger partial charge in [0.2, 0.25) is 11.8 Å². The highest BCUT2D eigenvalue weighted by molar-refractivity contribution is 5.76. The smallest absolute Gasteiger partial charge is 0.222 e. The minimum absolute atomic E-state index is 0.178. The lowest BCUT2D eigenvalue weighted by Gasteiger charge is -2.23. The van der Waals surface area contributed by atoms with Crippen LogP contribution < -0.4 is 5.32 Å². The van der Waals surface area contributed by atoms with E-state index in [1.165, 1.54) is 225 Å². The van der Waals surface area contributed by atoms with Crippen LogP contribution in [0.2, 0.25) is 0 Å². The molecule has 4 heteroatoms. The molecule has 4 nitrogen and oxygen atoms in total.